The predicted molar refractivity (Wildman–Crippen MR) is 120 cm³/mol. The molecule has 1 aromatic carbocycles. The number of carbonyl (C=O) groups is 2. The van der Waals surface area contributed by atoms with Crippen molar-refractivity contribution in [1.82, 2.24) is 9.80 Å². The molecule has 0 N–H and O–H groups in total. The lowest BCUT2D eigenvalue weighted by atomic mass is 9.77. The zero-order valence-electron chi connectivity index (χ0n) is 18.4. The van der Waals surface area contributed by atoms with Crippen LogP contribution in [-0.4, -0.2) is 54.4 Å². The quantitative estimate of drug-likeness (QED) is 0.620. The minimum atomic E-state index is -0.348. The van der Waals surface area contributed by atoms with Crippen LogP contribution in [0.5, 0.6) is 5.75 Å². The van der Waals surface area contributed by atoms with Gasteiger partial charge in [-0.3, -0.25) is 9.59 Å². The molecule has 2 aliphatic heterocycles. The average Bonchev–Trinajstić information content (AvgIpc) is 2.74. The van der Waals surface area contributed by atoms with E-state index < -0.39 is 0 Å². The Morgan fingerprint density at radius 2 is 1.67 bits per heavy atom. The normalized spacial score (nSPS) is 22.3. The summed E-state index contributed by atoms with van der Waals surface area (Å²) in [7, 11) is 0. The van der Waals surface area contributed by atoms with Crippen molar-refractivity contribution in [3.05, 3.63) is 29.3 Å². The van der Waals surface area contributed by atoms with Crippen LogP contribution in [-0.2, 0) is 9.59 Å². The number of piperidine rings is 2. The zero-order valence-corrected chi connectivity index (χ0v) is 19.1. The third-order valence-corrected chi connectivity index (χ3v) is 6.44. The molecule has 0 aliphatic carbocycles. The van der Waals surface area contributed by atoms with Gasteiger partial charge in [-0.05, 0) is 62.3 Å². The van der Waals surface area contributed by atoms with E-state index in [-0.39, 0.29) is 17.2 Å². The second-order valence-corrected chi connectivity index (χ2v) is 9.81. The fourth-order valence-corrected chi connectivity index (χ4v) is 4.68. The Kier molecular flexibility index (Phi) is 8.04. The van der Waals surface area contributed by atoms with Crippen molar-refractivity contribution >= 4 is 23.4 Å². The van der Waals surface area contributed by atoms with E-state index in [0.717, 1.165) is 51.1 Å². The van der Waals surface area contributed by atoms with Gasteiger partial charge in [-0.25, -0.2) is 0 Å². The molecule has 2 amide bonds. The van der Waals surface area contributed by atoms with Gasteiger partial charge in [0.2, 0.25) is 11.8 Å². The Hall–Kier alpha value is -1.75. The first-order valence-corrected chi connectivity index (χ1v) is 11.7. The second kappa shape index (κ2) is 10.5. The summed E-state index contributed by atoms with van der Waals surface area (Å²) in [6, 6.07) is 7.32. The van der Waals surface area contributed by atoms with Crippen molar-refractivity contribution in [2.45, 2.75) is 58.8 Å². The molecule has 2 heterocycles. The van der Waals surface area contributed by atoms with Crippen LogP contribution in [0.25, 0.3) is 0 Å². The molecule has 0 saturated carbocycles. The molecular weight excluding hydrogens is 400 g/mol. The SMILES string of the molecule is CC(C)CC(=O)N1CCC[C@](COc2ccc(Cl)cc2)(CC(=O)N2CCCCC2)C1. The van der Waals surface area contributed by atoms with Crippen LogP contribution in [0.1, 0.15) is 58.8 Å². The first-order chi connectivity index (χ1) is 14.4. The van der Waals surface area contributed by atoms with E-state index in [1.807, 2.05) is 34.1 Å². The highest BCUT2D eigenvalue weighted by Gasteiger charge is 2.41. The smallest absolute Gasteiger partial charge is 0.223 e. The van der Waals surface area contributed by atoms with Crippen LogP contribution in [0.4, 0.5) is 0 Å². The number of rotatable bonds is 7. The van der Waals surface area contributed by atoms with Gasteiger partial charge in [0.1, 0.15) is 5.75 Å². The fraction of sp³-hybridized carbons (Fsp3) is 0.667. The summed E-state index contributed by atoms with van der Waals surface area (Å²) in [4.78, 5) is 29.9. The van der Waals surface area contributed by atoms with Crippen molar-refractivity contribution in [3.8, 4) is 5.75 Å². The summed E-state index contributed by atoms with van der Waals surface area (Å²) in [6.07, 6.45) is 6.15. The summed E-state index contributed by atoms with van der Waals surface area (Å²) in [5.74, 6) is 1.46. The van der Waals surface area contributed by atoms with E-state index >= 15 is 0 Å². The lowest BCUT2D eigenvalue weighted by Gasteiger charge is -2.43. The van der Waals surface area contributed by atoms with Gasteiger partial charge in [0.15, 0.2) is 0 Å². The van der Waals surface area contributed by atoms with Gasteiger partial charge in [-0.1, -0.05) is 25.4 Å². The summed E-state index contributed by atoms with van der Waals surface area (Å²) in [5.41, 5.74) is -0.348. The molecule has 2 saturated heterocycles. The van der Waals surface area contributed by atoms with Crippen LogP contribution in [0.3, 0.4) is 0 Å². The number of hydrogen-bond donors (Lipinski definition) is 0. The molecule has 0 spiro atoms. The highest BCUT2D eigenvalue weighted by molar-refractivity contribution is 6.30. The minimum Gasteiger partial charge on any atom is -0.493 e. The Bertz CT molecular complexity index is 716. The van der Waals surface area contributed by atoms with Gasteiger partial charge in [0.25, 0.3) is 0 Å². The molecule has 3 rings (SSSR count). The monoisotopic (exact) mass is 434 g/mol. The summed E-state index contributed by atoms with van der Waals surface area (Å²) in [6.45, 7) is 7.63. The Balaban J connectivity index is 1.73. The van der Waals surface area contributed by atoms with Gasteiger partial charge >= 0.3 is 0 Å². The van der Waals surface area contributed by atoms with Gasteiger partial charge in [0.05, 0.1) is 6.61 Å². The maximum absolute atomic E-state index is 13.1. The average molecular weight is 435 g/mol. The Morgan fingerprint density at radius 3 is 2.33 bits per heavy atom. The number of hydrogen-bond acceptors (Lipinski definition) is 3. The molecule has 2 aliphatic rings. The number of nitrogens with zero attached hydrogens (tertiary/aromatic N) is 2. The van der Waals surface area contributed by atoms with E-state index in [0.29, 0.717) is 36.9 Å². The molecule has 2 fully saturated rings. The van der Waals surface area contributed by atoms with Crippen molar-refractivity contribution in [2.24, 2.45) is 11.3 Å². The molecule has 0 bridgehead atoms. The number of benzene rings is 1. The van der Waals surface area contributed by atoms with Crippen LogP contribution >= 0.6 is 11.6 Å². The molecule has 0 radical (unpaired) electrons. The first-order valence-electron chi connectivity index (χ1n) is 11.3. The molecule has 166 valence electrons. The number of halogens is 1. The van der Waals surface area contributed by atoms with E-state index in [9.17, 15) is 9.59 Å². The summed E-state index contributed by atoms with van der Waals surface area (Å²) in [5, 5.41) is 0.667. The molecule has 0 aromatic heterocycles. The van der Waals surface area contributed by atoms with Crippen LogP contribution in [0, 0.1) is 11.3 Å². The molecule has 1 aromatic rings. The second-order valence-electron chi connectivity index (χ2n) is 9.38. The number of likely N-dealkylation sites (tertiary alicyclic amines) is 2. The standard InChI is InChI=1S/C24H35ClN2O3/c1-19(2)15-22(28)27-14-6-11-24(17-27,16-23(29)26-12-4-3-5-13-26)18-30-21-9-7-20(25)8-10-21/h7-10,19H,3-6,11-18H2,1-2H3/t24-/m0/s1. The van der Waals surface area contributed by atoms with Crippen LogP contribution in [0.15, 0.2) is 24.3 Å². The third-order valence-electron chi connectivity index (χ3n) is 6.19. The molecular formula is C24H35ClN2O3. The maximum atomic E-state index is 13.1. The van der Waals surface area contributed by atoms with Crippen molar-refractivity contribution < 1.29 is 14.3 Å². The van der Waals surface area contributed by atoms with Gasteiger partial charge in [0, 0.05) is 49.5 Å². The van der Waals surface area contributed by atoms with Crippen molar-refractivity contribution in [2.75, 3.05) is 32.8 Å². The van der Waals surface area contributed by atoms with E-state index in [1.165, 1.54) is 6.42 Å². The number of carbonyl (C=O) groups excluding carboxylic acids is 2. The topological polar surface area (TPSA) is 49.9 Å². The third kappa shape index (κ3) is 6.37. The van der Waals surface area contributed by atoms with Crippen LogP contribution < -0.4 is 4.74 Å². The molecule has 0 unspecified atom stereocenters. The summed E-state index contributed by atoms with van der Waals surface area (Å²) < 4.78 is 6.13. The Morgan fingerprint density at radius 1 is 1.00 bits per heavy atom. The maximum Gasteiger partial charge on any atom is 0.223 e. The van der Waals surface area contributed by atoms with E-state index in [4.69, 9.17) is 16.3 Å². The lowest BCUT2D eigenvalue weighted by molar-refractivity contribution is -0.142. The van der Waals surface area contributed by atoms with E-state index in [1.54, 1.807) is 0 Å². The highest BCUT2D eigenvalue weighted by Crippen LogP contribution is 2.36. The van der Waals surface area contributed by atoms with Gasteiger partial charge < -0.3 is 14.5 Å². The van der Waals surface area contributed by atoms with Crippen molar-refractivity contribution in [3.63, 3.8) is 0 Å². The summed E-state index contributed by atoms with van der Waals surface area (Å²) >= 11 is 5.99. The molecule has 30 heavy (non-hydrogen) atoms. The van der Waals surface area contributed by atoms with Gasteiger partial charge in [-0.2, -0.15) is 0 Å². The lowest BCUT2D eigenvalue weighted by Crippen LogP contribution is -2.51. The van der Waals surface area contributed by atoms with Gasteiger partial charge in [-0.15, -0.1) is 0 Å². The number of ether oxygens (including phenoxy) is 1. The molecule has 1 atom stereocenters. The Labute approximate surface area is 185 Å². The minimum absolute atomic E-state index is 0.186. The van der Waals surface area contributed by atoms with Crippen LogP contribution in [0.2, 0.25) is 5.02 Å². The largest absolute Gasteiger partial charge is 0.493 e. The first kappa shape index (κ1) is 22.9. The molecule has 5 nitrogen and oxygen atoms in total. The number of amides is 2. The van der Waals surface area contributed by atoms with E-state index in [2.05, 4.69) is 13.8 Å². The zero-order chi connectivity index (χ0) is 21.6. The van der Waals surface area contributed by atoms with Crippen molar-refractivity contribution in [1.29, 1.82) is 0 Å². The fourth-order valence-electron chi connectivity index (χ4n) is 4.56. The molecule has 6 heteroatoms. The highest BCUT2D eigenvalue weighted by atomic mass is 35.5. The predicted octanol–water partition coefficient (Wildman–Crippen LogP) is 4.78.